The van der Waals surface area contributed by atoms with Crippen molar-refractivity contribution in [1.82, 2.24) is 20.2 Å². The van der Waals surface area contributed by atoms with E-state index >= 15 is 0 Å². The fourth-order valence-corrected chi connectivity index (χ4v) is 5.42. The number of nitrogens with one attached hydrogen (secondary N) is 2. The monoisotopic (exact) mass is 608 g/mol. The highest BCUT2D eigenvalue weighted by Gasteiger charge is 2.37. The molecule has 0 spiro atoms. The van der Waals surface area contributed by atoms with Crippen LogP contribution in [-0.2, 0) is 38.7 Å². The summed E-state index contributed by atoms with van der Waals surface area (Å²) in [5.41, 5.74) is 5.85. The Hall–Kier alpha value is -2.84. The van der Waals surface area contributed by atoms with Gasteiger partial charge in [-0.3, -0.25) is 19.8 Å². The Morgan fingerprint density at radius 1 is 1.07 bits per heavy atom. The number of hydrogen-bond donors (Lipinski definition) is 2. The molecule has 0 aromatic heterocycles. The molecule has 3 amide bonds. The van der Waals surface area contributed by atoms with Gasteiger partial charge in [0.25, 0.3) is 0 Å². The summed E-state index contributed by atoms with van der Waals surface area (Å²) in [6.45, 7) is 5.18. The summed E-state index contributed by atoms with van der Waals surface area (Å²) in [6.07, 6.45) is 6.95. The fourth-order valence-electron chi connectivity index (χ4n) is 4.82. The van der Waals surface area contributed by atoms with Gasteiger partial charge in [-0.05, 0) is 37.2 Å². The summed E-state index contributed by atoms with van der Waals surface area (Å²) in [6, 6.07) is 9.54. The molecule has 1 aromatic carbocycles. The van der Waals surface area contributed by atoms with Gasteiger partial charge in [0, 0.05) is 26.1 Å². The number of sulfonamides is 1. The molecular formula is C29H44N4O8S. The lowest BCUT2D eigenvalue weighted by atomic mass is 9.82. The summed E-state index contributed by atoms with van der Waals surface area (Å²) in [5, 5.41) is 0. The van der Waals surface area contributed by atoms with Crippen molar-refractivity contribution in [3.63, 3.8) is 0 Å². The van der Waals surface area contributed by atoms with Crippen LogP contribution < -0.4 is 10.9 Å². The number of nitrogens with zero attached hydrogens (tertiary/aromatic N) is 2. The van der Waals surface area contributed by atoms with Gasteiger partial charge in [0.05, 0.1) is 31.3 Å². The maximum Gasteiger partial charge on any atom is 0.247 e. The first-order valence-electron chi connectivity index (χ1n) is 14.5. The standard InChI is InChI=1S/C29H44N4O8S/c1-22(2)20-25(28(35)30-33(42(3,37)38)21-26(34)32-15-18-39-19-16-32)24(13-9-12-23-10-5-4-6-11-23)29(36)31-41-27-14-7-8-17-40-27/h4-6,9-12,22,24-25,27H,7-8,13-21H2,1-3H3,(H,30,35)(H,31,36)/t24-,25+,27?/m0/s1. The lowest BCUT2D eigenvalue weighted by Gasteiger charge is -2.31. The van der Waals surface area contributed by atoms with E-state index in [9.17, 15) is 22.8 Å². The number of hydroxylamine groups is 1. The molecule has 0 aliphatic carbocycles. The van der Waals surface area contributed by atoms with Gasteiger partial charge >= 0.3 is 0 Å². The number of allylic oxidation sites excluding steroid dienone is 1. The van der Waals surface area contributed by atoms with E-state index in [0.29, 0.717) is 43.7 Å². The molecule has 3 atom stereocenters. The van der Waals surface area contributed by atoms with Crippen LogP contribution in [-0.4, -0.2) is 87.5 Å². The van der Waals surface area contributed by atoms with Crippen molar-refractivity contribution in [1.29, 1.82) is 0 Å². The minimum absolute atomic E-state index is 0.00147. The zero-order chi connectivity index (χ0) is 30.5. The molecule has 0 radical (unpaired) electrons. The van der Waals surface area contributed by atoms with Crippen molar-refractivity contribution in [2.45, 2.75) is 52.2 Å². The Morgan fingerprint density at radius 2 is 1.79 bits per heavy atom. The van der Waals surface area contributed by atoms with Crippen molar-refractivity contribution < 1.29 is 37.1 Å². The summed E-state index contributed by atoms with van der Waals surface area (Å²) >= 11 is 0. The lowest BCUT2D eigenvalue weighted by Crippen LogP contribution is -2.55. The largest absolute Gasteiger partial charge is 0.378 e. The minimum Gasteiger partial charge on any atom is -0.378 e. The van der Waals surface area contributed by atoms with Crippen LogP contribution in [0.4, 0.5) is 0 Å². The first-order valence-corrected chi connectivity index (χ1v) is 16.3. The van der Waals surface area contributed by atoms with E-state index in [0.717, 1.165) is 24.7 Å². The van der Waals surface area contributed by atoms with E-state index in [1.165, 1.54) is 4.90 Å². The molecule has 2 aliphatic rings. The number of morpholine rings is 1. The molecule has 2 saturated heterocycles. The minimum atomic E-state index is -4.01. The molecule has 2 fully saturated rings. The second kappa shape index (κ2) is 16.7. The predicted molar refractivity (Wildman–Crippen MR) is 156 cm³/mol. The smallest absolute Gasteiger partial charge is 0.247 e. The summed E-state index contributed by atoms with van der Waals surface area (Å²) in [7, 11) is -4.01. The molecule has 2 aliphatic heterocycles. The third-order valence-electron chi connectivity index (χ3n) is 7.09. The normalized spacial score (nSPS) is 19.5. The van der Waals surface area contributed by atoms with Crippen molar-refractivity contribution in [2.75, 3.05) is 45.7 Å². The Bertz CT molecular complexity index is 1150. The van der Waals surface area contributed by atoms with Gasteiger partial charge in [-0.1, -0.05) is 56.3 Å². The van der Waals surface area contributed by atoms with Crippen molar-refractivity contribution in [3.05, 3.63) is 42.0 Å². The zero-order valence-corrected chi connectivity index (χ0v) is 25.5. The molecule has 234 valence electrons. The van der Waals surface area contributed by atoms with Crippen molar-refractivity contribution in [2.24, 2.45) is 17.8 Å². The maximum atomic E-state index is 13.7. The Morgan fingerprint density at radius 3 is 2.40 bits per heavy atom. The van der Waals surface area contributed by atoms with E-state index in [-0.39, 0.29) is 18.8 Å². The Labute approximate surface area is 248 Å². The summed E-state index contributed by atoms with van der Waals surface area (Å²) < 4.78 is 36.7. The number of carbonyl (C=O) groups is 3. The SMILES string of the molecule is CC(C)C[C@@H](C(=O)NN(CC(=O)N1CCOCC1)S(C)(=O)=O)[C@H](CC=Cc1ccccc1)C(=O)NOC1CCCCO1. The van der Waals surface area contributed by atoms with Crippen LogP contribution in [0.15, 0.2) is 36.4 Å². The van der Waals surface area contributed by atoms with Gasteiger partial charge < -0.3 is 14.4 Å². The van der Waals surface area contributed by atoms with Gasteiger partial charge in [-0.2, -0.15) is 0 Å². The zero-order valence-electron chi connectivity index (χ0n) is 24.7. The highest BCUT2D eigenvalue weighted by Crippen LogP contribution is 2.26. The molecule has 1 aromatic rings. The lowest BCUT2D eigenvalue weighted by molar-refractivity contribution is -0.203. The van der Waals surface area contributed by atoms with Crippen LogP contribution >= 0.6 is 0 Å². The van der Waals surface area contributed by atoms with E-state index in [4.69, 9.17) is 14.3 Å². The van der Waals surface area contributed by atoms with Crippen molar-refractivity contribution in [3.8, 4) is 0 Å². The molecule has 42 heavy (non-hydrogen) atoms. The molecule has 3 rings (SSSR count). The van der Waals surface area contributed by atoms with Crippen LogP contribution in [0.2, 0.25) is 0 Å². The first-order chi connectivity index (χ1) is 20.0. The van der Waals surface area contributed by atoms with E-state index in [2.05, 4.69) is 10.9 Å². The number of carbonyl (C=O) groups excluding carboxylic acids is 3. The van der Waals surface area contributed by atoms with Gasteiger partial charge in [0.15, 0.2) is 6.29 Å². The van der Waals surface area contributed by atoms with Crippen LogP contribution in [0, 0.1) is 17.8 Å². The first kappa shape index (κ1) is 33.7. The second-order valence-electron chi connectivity index (χ2n) is 11.0. The quantitative estimate of drug-likeness (QED) is 0.306. The van der Waals surface area contributed by atoms with E-state index < -0.39 is 52.4 Å². The van der Waals surface area contributed by atoms with Crippen molar-refractivity contribution >= 4 is 33.8 Å². The number of rotatable bonds is 14. The maximum absolute atomic E-state index is 13.7. The summed E-state index contributed by atoms with van der Waals surface area (Å²) in [5.74, 6) is -3.47. The number of hydrazine groups is 1. The second-order valence-corrected chi connectivity index (χ2v) is 12.9. The molecule has 1 unspecified atom stereocenters. The van der Waals surface area contributed by atoms with E-state index in [1.54, 1.807) is 0 Å². The van der Waals surface area contributed by atoms with Gasteiger partial charge in [0.2, 0.25) is 27.7 Å². The molecular weight excluding hydrogens is 564 g/mol. The number of ether oxygens (including phenoxy) is 2. The molecule has 0 bridgehead atoms. The fraction of sp³-hybridized carbons (Fsp3) is 0.621. The van der Waals surface area contributed by atoms with Gasteiger partial charge in [-0.25, -0.2) is 18.7 Å². The molecule has 12 nitrogen and oxygen atoms in total. The highest BCUT2D eigenvalue weighted by atomic mass is 32.2. The van der Waals surface area contributed by atoms with E-state index in [1.807, 2.05) is 56.3 Å². The third-order valence-corrected chi connectivity index (χ3v) is 8.11. The molecule has 0 saturated carbocycles. The topological polar surface area (TPSA) is 144 Å². The average Bonchev–Trinajstić information content (AvgIpc) is 2.97. The predicted octanol–water partition coefficient (Wildman–Crippen LogP) is 2.09. The average molecular weight is 609 g/mol. The third kappa shape index (κ3) is 11.1. The highest BCUT2D eigenvalue weighted by molar-refractivity contribution is 7.88. The van der Waals surface area contributed by atoms with Gasteiger partial charge in [-0.15, -0.1) is 4.41 Å². The van der Waals surface area contributed by atoms with Gasteiger partial charge in [0.1, 0.15) is 6.54 Å². The van der Waals surface area contributed by atoms with Crippen LogP contribution in [0.1, 0.15) is 51.5 Å². The summed E-state index contributed by atoms with van der Waals surface area (Å²) in [4.78, 5) is 47.1. The molecule has 13 heteroatoms. The Balaban J connectivity index is 1.81. The Kier molecular flexibility index (Phi) is 13.4. The number of benzene rings is 1. The molecule has 2 heterocycles. The van der Waals surface area contributed by atoms with Crippen LogP contribution in [0.3, 0.4) is 0 Å². The van der Waals surface area contributed by atoms with Crippen LogP contribution in [0.25, 0.3) is 6.08 Å². The van der Waals surface area contributed by atoms with Crippen LogP contribution in [0.5, 0.6) is 0 Å². The molecule has 2 N–H and O–H groups in total. The number of amides is 3. The number of hydrogen-bond acceptors (Lipinski definition) is 8.